The van der Waals surface area contributed by atoms with Crippen LogP contribution in [-0.2, 0) is 9.59 Å². The predicted octanol–water partition coefficient (Wildman–Crippen LogP) is 1.18. The van der Waals surface area contributed by atoms with Gasteiger partial charge in [-0.3, -0.25) is 9.59 Å². The van der Waals surface area contributed by atoms with E-state index in [0.717, 1.165) is 0 Å². The molecule has 0 bridgehead atoms. The number of nitrogens with one attached hydrogen (secondary N) is 1. The molecule has 0 aliphatic rings. The monoisotopic (exact) mass is 267 g/mol. The third-order valence-corrected chi connectivity index (χ3v) is 2.78. The fourth-order valence-corrected chi connectivity index (χ4v) is 1.70. The number of benzene rings is 1. The van der Waals surface area contributed by atoms with Crippen molar-refractivity contribution >= 4 is 11.9 Å². The van der Waals surface area contributed by atoms with Crippen LogP contribution in [0.15, 0.2) is 18.2 Å². The first kappa shape index (κ1) is 14.8. The minimum Gasteiger partial charge on any atom is -0.508 e. The highest BCUT2D eigenvalue weighted by atomic mass is 16.4. The van der Waals surface area contributed by atoms with Crippen LogP contribution in [0, 0.1) is 0 Å². The van der Waals surface area contributed by atoms with Crippen LogP contribution in [0.1, 0.15) is 31.7 Å². The Balaban J connectivity index is 2.66. The average Bonchev–Trinajstić information content (AvgIpc) is 2.27. The minimum absolute atomic E-state index is 0.0515. The molecule has 104 valence electrons. The van der Waals surface area contributed by atoms with Crippen LogP contribution in [0.2, 0.25) is 0 Å². The molecule has 1 aromatic carbocycles. The average molecular weight is 267 g/mol. The molecule has 0 aliphatic heterocycles. The zero-order chi connectivity index (χ0) is 14.6. The summed E-state index contributed by atoms with van der Waals surface area (Å²) in [5, 5.41) is 29.9. The van der Waals surface area contributed by atoms with Crippen LogP contribution in [0.3, 0.4) is 0 Å². The van der Waals surface area contributed by atoms with Crippen LogP contribution < -0.4 is 5.32 Å². The summed E-state index contributed by atoms with van der Waals surface area (Å²) in [5.41, 5.74) is 0.524. The fraction of sp³-hybridized carbons (Fsp3) is 0.385. The van der Waals surface area contributed by atoms with Gasteiger partial charge in [0.05, 0.1) is 0 Å². The van der Waals surface area contributed by atoms with E-state index in [2.05, 4.69) is 5.32 Å². The number of rotatable bonds is 5. The summed E-state index contributed by atoms with van der Waals surface area (Å²) < 4.78 is 0. The molecule has 0 heterocycles. The van der Waals surface area contributed by atoms with Crippen molar-refractivity contribution in [2.24, 2.45) is 0 Å². The van der Waals surface area contributed by atoms with Gasteiger partial charge in [0.25, 0.3) is 0 Å². The molecule has 1 rings (SSSR count). The Kier molecular flexibility index (Phi) is 4.74. The number of phenols is 2. The van der Waals surface area contributed by atoms with E-state index in [9.17, 15) is 19.8 Å². The number of aromatic hydroxyl groups is 2. The summed E-state index contributed by atoms with van der Waals surface area (Å²) in [4.78, 5) is 22.2. The summed E-state index contributed by atoms with van der Waals surface area (Å²) in [7, 11) is 0. The number of carbonyl (C=O) groups excluding carboxylic acids is 1. The molecule has 6 nitrogen and oxygen atoms in total. The van der Waals surface area contributed by atoms with Gasteiger partial charge in [-0.2, -0.15) is 0 Å². The summed E-state index contributed by atoms with van der Waals surface area (Å²) in [6, 6.07) is 3.20. The van der Waals surface area contributed by atoms with Crippen molar-refractivity contribution < 1.29 is 24.9 Å². The van der Waals surface area contributed by atoms with Gasteiger partial charge in [0.1, 0.15) is 17.5 Å². The van der Waals surface area contributed by atoms with Crippen molar-refractivity contribution in [3.63, 3.8) is 0 Å². The Morgan fingerprint density at radius 1 is 1.26 bits per heavy atom. The number of carboxylic acid groups (broad SMARTS) is 1. The summed E-state index contributed by atoms with van der Waals surface area (Å²) in [5.74, 6) is -1.95. The van der Waals surface area contributed by atoms with Gasteiger partial charge in [0.15, 0.2) is 0 Å². The van der Waals surface area contributed by atoms with Crippen LogP contribution in [0.25, 0.3) is 0 Å². The van der Waals surface area contributed by atoms with Crippen LogP contribution in [-0.4, -0.2) is 33.2 Å². The summed E-state index contributed by atoms with van der Waals surface area (Å²) in [6.07, 6.45) is 0.0515. The van der Waals surface area contributed by atoms with Crippen LogP contribution >= 0.6 is 0 Å². The van der Waals surface area contributed by atoms with E-state index in [1.54, 1.807) is 6.92 Å². The third-order valence-electron chi connectivity index (χ3n) is 2.78. The molecule has 19 heavy (non-hydrogen) atoms. The Labute approximate surface area is 110 Å². The van der Waals surface area contributed by atoms with Crippen molar-refractivity contribution in [1.82, 2.24) is 5.32 Å². The second-order valence-electron chi connectivity index (χ2n) is 4.48. The molecule has 2 atom stereocenters. The Hall–Kier alpha value is -2.24. The molecular formula is C13H17NO5. The number of carboxylic acids is 1. The molecule has 1 amide bonds. The molecule has 6 heteroatoms. The van der Waals surface area contributed by atoms with Crippen molar-refractivity contribution in [2.75, 3.05) is 0 Å². The molecule has 0 saturated heterocycles. The first-order valence-electron chi connectivity index (χ1n) is 5.85. The van der Waals surface area contributed by atoms with E-state index in [4.69, 9.17) is 5.11 Å². The van der Waals surface area contributed by atoms with E-state index in [1.165, 1.54) is 25.1 Å². The van der Waals surface area contributed by atoms with Gasteiger partial charge >= 0.3 is 5.97 Å². The Morgan fingerprint density at radius 2 is 1.89 bits per heavy atom. The van der Waals surface area contributed by atoms with Crippen molar-refractivity contribution in [3.8, 4) is 11.5 Å². The normalized spacial score (nSPS) is 13.6. The molecule has 4 N–H and O–H groups in total. The van der Waals surface area contributed by atoms with E-state index >= 15 is 0 Å². The van der Waals surface area contributed by atoms with Gasteiger partial charge in [-0.1, -0.05) is 13.0 Å². The summed E-state index contributed by atoms with van der Waals surface area (Å²) in [6.45, 7) is 3.11. The first-order valence-corrected chi connectivity index (χ1v) is 5.85. The van der Waals surface area contributed by atoms with E-state index in [-0.39, 0.29) is 23.8 Å². The van der Waals surface area contributed by atoms with Gasteiger partial charge in [0.2, 0.25) is 5.91 Å². The largest absolute Gasteiger partial charge is 0.508 e. The maximum Gasteiger partial charge on any atom is 0.325 e. The maximum atomic E-state index is 11.6. The van der Waals surface area contributed by atoms with Crippen molar-refractivity contribution in [2.45, 2.75) is 32.2 Å². The lowest BCUT2D eigenvalue weighted by Crippen LogP contribution is -2.38. The Morgan fingerprint density at radius 3 is 2.42 bits per heavy atom. The van der Waals surface area contributed by atoms with Crippen LogP contribution in [0.5, 0.6) is 11.5 Å². The second kappa shape index (κ2) is 6.08. The minimum atomic E-state index is -1.10. The topological polar surface area (TPSA) is 107 Å². The lowest BCUT2D eigenvalue weighted by Gasteiger charge is -2.15. The first-order chi connectivity index (χ1) is 8.81. The van der Waals surface area contributed by atoms with Gasteiger partial charge in [0, 0.05) is 12.5 Å². The van der Waals surface area contributed by atoms with Crippen molar-refractivity contribution in [1.29, 1.82) is 0 Å². The number of carbonyl (C=O) groups is 2. The van der Waals surface area contributed by atoms with E-state index in [1.807, 2.05) is 0 Å². The van der Waals surface area contributed by atoms with Crippen molar-refractivity contribution in [3.05, 3.63) is 23.8 Å². The second-order valence-corrected chi connectivity index (χ2v) is 4.48. The summed E-state index contributed by atoms with van der Waals surface area (Å²) >= 11 is 0. The highest BCUT2D eigenvalue weighted by Gasteiger charge is 2.18. The highest BCUT2D eigenvalue weighted by Crippen LogP contribution is 2.30. The number of hydrogen-bond donors (Lipinski definition) is 4. The molecule has 1 aromatic rings. The third kappa shape index (κ3) is 4.17. The van der Waals surface area contributed by atoms with Gasteiger partial charge < -0.3 is 20.6 Å². The lowest BCUT2D eigenvalue weighted by molar-refractivity contribution is -0.141. The molecule has 0 saturated carbocycles. The number of aliphatic carboxylic acids is 1. The highest BCUT2D eigenvalue weighted by molar-refractivity contribution is 5.83. The van der Waals surface area contributed by atoms with E-state index < -0.39 is 17.9 Å². The maximum absolute atomic E-state index is 11.6. The lowest BCUT2D eigenvalue weighted by atomic mass is 9.96. The predicted molar refractivity (Wildman–Crippen MR) is 68.0 cm³/mol. The molecular weight excluding hydrogens is 250 g/mol. The van der Waals surface area contributed by atoms with Gasteiger partial charge in [-0.15, -0.1) is 0 Å². The quantitative estimate of drug-likeness (QED) is 0.641. The zero-order valence-corrected chi connectivity index (χ0v) is 10.8. The Bertz CT molecular complexity index is 486. The van der Waals surface area contributed by atoms with E-state index in [0.29, 0.717) is 5.56 Å². The SMILES string of the molecule is CC(CC(=O)N[C@H](C)C(=O)O)c1ccc(O)cc1O. The van der Waals surface area contributed by atoms with Gasteiger partial charge in [-0.05, 0) is 24.5 Å². The fourth-order valence-electron chi connectivity index (χ4n) is 1.70. The molecule has 0 aliphatic carbocycles. The molecule has 0 spiro atoms. The number of hydrogen-bond acceptors (Lipinski definition) is 4. The molecule has 1 unspecified atom stereocenters. The molecule has 0 radical (unpaired) electrons. The zero-order valence-electron chi connectivity index (χ0n) is 10.8. The number of amides is 1. The van der Waals surface area contributed by atoms with Gasteiger partial charge in [-0.25, -0.2) is 0 Å². The molecule has 0 aromatic heterocycles. The van der Waals surface area contributed by atoms with Crippen LogP contribution in [0.4, 0.5) is 0 Å². The standard InChI is InChI=1S/C13H17NO5/c1-7(5-12(17)14-8(2)13(18)19)10-4-3-9(15)6-11(10)16/h3-4,6-8,15-16H,5H2,1-2H3,(H,14,17)(H,18,19)/t7?,8-/m1/s1. The molecule has 0 fully saturated rings. The number of phenolic OH excluding ortho intramolecular Hbond substituents is 2. The smallest absolute Gasteiger partial charge is 0.325 e.